The highest BCUT2D eigenvalue weighted by Gasteiger charge is 2.29. The Morgan fingerprint density at radius 1 is 1.67 bits per heavy atom. The van der Waals surface area contributed by atoms with Gasteiger partial charge >= 0.3 is 5.91 Å². The van der Waals surface area contributed by atoms with Crippen molar-refractivity contribution in [2.45, 2.75) is 12.3 Å². The van der Waals surface area contributed by atoms with Gasteiger partial charge in [-0.25, -0.2) is 4.79 Å². The van der Waals surface area contributed by atoms with Crippen LogP contribution in [0.2, 0.25) is 0 Å². The predicted octanol–water partition coefficient (Wildman–Crippen LogP) is 0.380. The lowest BCUT2D eigenvalue weighted by atomic mass is 9.91. The molecule has 66 valence electrons. The Labute approximate surface area is 75.5 Å². The molecule has 0 fully saturated rings. The monoisotopic (exact) mass is 188 g/mol. The number of aliphatic hydroxyl groups is 1. The van der Waals surface area contributed by atoms with Crippen LogP contribution in [0.3, 0.4) is 0 Å². The lowest BCUT2D eigenvalue weighted by Gasteiger charge is -2.20. The van der Waals surface area contributed by atoms with Gasteiger partial charge < -0.3 is 5.11 Å². The van der Waals surface area contributed by atoms with Gasteiger partial charge in [-0.1, -0.05) is 6.92 Å². The topological polar surface area (TPSA) is 64.9 Å². The van der Waals surface area contributed by atoms with Crippen LogP contribution in [0, 0.1) is 5.92 Å². The molecule has 1 rings (SSSR count). The van der Waals surface area contributed by atoms with Gasteiger partial charge in [-0.05, 0) is 12.2 Å². The van der Waals surface area contributed by atoms with Crippen molar-refractivity contribution in [3.8, 4) is 0 Å². The standard InChI is InChI=1S/C8H10ClNO2/c1-4-5(8(10)12)2-3-6(11)7(4)9/h2-4,7,11H,1H3,(H2,10,12)/p+1. The summed E-state index contributed by atoms with van der Waals surface area (Å²) in [5.41, 5.74) is 3.86. The van der Waals surface area contributed by atoms with Gasteiger partial charge in [-0.2, -0.15) is 0 Å². The largest absolute Gasteiger partial charge is 0.511 e. The van der Waals surface area contributed by atoms with Crippen molar-refractivity contribution in [2.24, 2.45) is 5.92 Å². The lowest BCUT2D eigenvalue weighted by Crippen LogP contribution is -2.59. The van der Waals surface area contributed by atoms with Gasteiger partial charge in [0, 0.05) is 5.92 Å². The molecule has 0 aliphatic heterocycles. The van der Waals surface area contributed by atoms with E-state index in [-0.39, 0.29) is 17.6 Å². The van der Waals surface area contributed by atoms with Crippen molar-refractivity contribution >= 4 is 17.5 Å². The van der Waals surface area contributed by atoms with Crippen molar-refractivity contribution in [3.05, 3.63) is 23.5 Å². The number of amides is 1. The van der Waals surface area contributed by atoms with Crippen LogP contribution in [0.4, 0.5) is 0 Å². The molecule has 2 unspecified atom stereocenters. The number of hydrogen-bond acceptors (Lipinski definition) is 2. The number of quaternary nitrogens is 1. The van der Waals surface area contributed by atoms with Crippen molar-refractivity contribution in [1.29, 1.82) is 0 Å². The summed E-state index contributed by atoms with van der Waals surface area (Å²) in [4.78, 5) is 10.9. The number of allylic oxidation sites excluding steroid dienone is 3. The van der Waals surface area contributed by atoms with Crippen LogP contribution in [0.25, 0.3) is 0 Å². The van der Waals surface area contributed by atoms with E-state index in [9.17, 15) is 9.90 Å². The number of carbonyl (C=O) groups excluding carboxylic acids is 1. The van der Waals surface area contributed by atoms with E-state index in [1.54, 1.807) is 13.0 Å². The van der Waals surface area contributed by atoms with Crippen LogP contribution >= 0.6 is 11.6 Å². The van der Waals surface area contributed by atoms with Crippen molar-refractivity contribution in [1.82, 2.24) is 0 Å². The predicted molar refractivity (Wildman–Crippen MR) is 45.5 cm³/mol. The molecule has 0 heterocycles. The molecule has 0 spiro atoms. The molecule has 0 aromatic heterocycles. The third-order valence-corrected chi connectivity index (χ3v) is 2.57. The smallest absolute Gasteiger partial charge is 0.337 e. The van der Waals surface area contributed by atoms with E-state index in [0.29, 0.717) is 5.57 Å². The second-order valence-electron chi connectivity index (χ2n) is 2.83. The molecule has 2 atom stereocenters. The van der Waals surface area contributed by atoms with Crippen molar-refractivity contribution in [3.63, 3.8) is 0 Å². The maximum absolute atomic E-state index is 10.9. The molecule has 4 N–H and O–H groups in total. The molecule has 1 amide bonds. The molecule has 1 aliphatic rings. The zero-order chi connectivity index (χ0) is 9.30. The summed E-state index contributed by atoms with van der Waals surface area (Å²) in [5, 5.41) is 8.70. The van der Waals surface area contributed by atoms with Crippen LogP contribution < -0.4 is 5.73 Å². The summed E-state index contributed by atoms with van der Waals surface area (Å²) in [6.45, 7) is 1.79. The minimum absolute atomic E-state index is 0.106. The summed E-state index contributed by atoms with van der Waals surface area (Å²) in [7, 11) is 0. The fourth-order valence-electron chi connectivity index (χ4n) is 1.18. The average Bonchev–Trinajstić information content (AvgIpc) is 2.00. The van der Waals surface area contributed by atoms with E-state index in [4.69, 9.17) is 11.6 Å². The number of alkyl halides is 1. The summed E-state index contributed by atoms with van der Waals surface area (Å²) in [6, 6.07) is 0. The van der Waals surface area contributed by atoms with Crippen LogP contribution in [0.5, 0.6) is 0 Å². The summed E-state index contributed by atoms with van der Waals surface area (Å²) in [5.74, 6) is -0.298. The van der Waals surface area contributed by atoms with E-state index in [2.05, 4.69) is 5.73 Å². The Morgan fingerprint density at radius 3 is 2.75 bits per heavy atom. The quantitative estimate of drug-likeness (QED) is 0.585. The molecule has 0 aromatic rings. The van der Waals surface area contributed by atoms with E-state index < -0.39 is 5.38 Å². The van der Waals surface area contributed by atoms with Gasteiger partial charge in [0.05, 0.1) is 11.0 Å². The Hall–Kier alpha value is -0.800. The fourth-order valence-corrected chi connectivity index (χ4v) is 1.39. The Balaban J connectivity index is 2.97. The second-order valence-corrected chi connectivity index (χ2v) is 3.30. The first-order valence-corrected chi connectivity index (χ1v) is 4.08. The second kappa shape index (κ2) is 3.29. The highest BCUT2D eigenvalue weighted by atomic mass is 35.5. The van der Waals surface area contributed by atoms with E-state index in [0.717, 1.165) is 0 Å². The molecule has 0 bridgehead atoms. The first-order chi connectivity index (χ1) is 5.54. The fraction of sp³-hybridized carbons (Fsp3) is 0.375. The SMILES string of the molecule is CC1C(C([NH3+])=O)=CC=C(O)C1Cl. The molecular formula is C8H11ClNO2+. The molecule has 1 aliphatic carbocycles. The number of hydrogen-bond donors (Lipinski definition) is 2. The molecule has 0 aromatic carbocycles. The molecule has 0 saturated heterocycles. The van der Waals surface area contributed by atoms with Gasteiger partial charge in [0.15, 0.2) is 0 Å². The number of halogens is 1. The highest BCUT2D eigenvalue weighted by molar-refractivity contribution is 6.23. The van der Waals surface area contributed by atoms with Crippen molar-refractivity contribution in [2.75, 3.05) is 0 Å². The van der Waals surface area contributed by atoms with Gasteiger partial charge in [0.1, 0.15) is 5.76 Å². The van der Waals surface area contributed by atoms with E-state index in [1.165, 1.54) is 6.08 Å². The molecule has 0 saturated carbocycles. The normalized spacial score (nSPS) is 29.2. The van der Waals surface area contributed by atoms with Crippen LogP contribution in [-0.2, 0) is 4.79 Å². The molecule has 4 heteroatoms. The third kappa shape index (κ3) is 1.52. The number of carbonyl (C=O) groups is 1. The minimum Gasteiger partial charge on any atom is -0.511 e. The van der Waals surface area contributed by atoms with Gasteiger partial charge in [-0.15, -0.1) is 11.6 Å². The van der Waals surface area contributed by atoms with Crippen LogP contribution in [0.1, 0.15) is 6.92 Å². The molecule has 3 nitrogen and oxygen atoms in total. The maximum Gasteiger partial charge on any atom is 0.337 e. The highest BCUT2D eigenvalue weighted by Crippen LogP contribution is 2.27. The van der Waals surface area contributed by atoms with Crippen molar-refractivity contribution < 1.29 is 15.6 Å². The van der Waals surface area contributed by atoms with Crippen LogP contribution in [-0.4, -0.2) is 16.4 Å². The summed E-state index contributed by atoms with van der Waals surface area (Å²) in [6.07, 6.45) is 3.00. The first-order valence-electron chi connectivity index (χ1n) is 3.65. The Bertz CT molecular complexity index is 270. The lowest BCUT2D eigenvalue weighted by molar-refractivity contribution is -0.299. The molecular weight excluding hydrogens is 178 g/mol. The maximum atomic E-state index is 10.9. The van der Waals surface area contributed by atoms with E-state index in [1.807, 2.05) is 0 Å². The first kappa shape index (κ1) is 9.29. The van der Waals surface area contributed by atoms with Gasteiger partial charge in [0.2, 0.25) is 0 Å². The zero-order valence-corrected chi connectivity index (χ0v) is 7.51. The van der Waals surface area contributed by atoms with Crippen LogP contribution in [0.15, 0.2) is 23.5 Å². The average molecular weight is 189 g/mol. The summed E-state index contributed by atoms with van der Waals surface area (Å²) >= 11 is 5.82. The van der Waals surface area contributed by atoms with Gasteiger partial charge in [-0.3, -0.25) is 5.73 Å². The summed E-state index contributed by atoms with van der Waals surface area (Å²) < 4.78 is 0. The molecule has 0 radical (unpaired) electrons. The Morgan fingerprint density at radius 2 is 2.25 bits per heavy atom. The van der Waals surface area contributed by atoms with E-state index >= 15 is 0 Å². The third-order valence-electron chi connectivity index (χ3n) is 1.97. The number of aliphatic hydroxyl groups excluding tert-OH is 1. The zero-order valence-electron chi connectivity index (χ0n) is 6.75. The van der Waals surface area contributed by atoms with Gasteiger partial charge in [0.25, 0.3) is 0 Å². The number of rotatable bonds is 1. The molecule has 12 heavy (non-hydrogen) atoms. The Kier molecular flexibility index (Phi) is 2.55. The minimum atomic E-state index is -0.504.